The number of carbonyl (C=O) groups is 1. The second-order valence-corrected chi connectivity index (χ2v) is 6.72. The summed E-state index contributed by atoms with van der Waals surface area (Å²) in [5.41, 5.74) is 1.62. The van der Waals surface area contributed by atoms with Gasteiger partial charge in [-0.2, -0.15) is 13.2 Å². The molecule has 0 saturated carbocycles. The van der Waals surface area contributed by atoms with Crippen LogP contribution in [0.4, 0.5) is 18.9 Å². The topological polar surface area (TPSA) is 74.7 Å². The number of ether oxygens (including phenoxy) is 1. The van der Waals surface area contributed by atoms with E-state index in [4.69, 9.17) is 9.84 Å². The average molecular weight is 397 g/mol. The molecule has 0 aliphatic carbocycles. The molecule has 1 saturated heterocycles. The van der Waals surface area contributed by atoms with E-state index in [2.05, 4.69) is 10.3 Å². The Morgan fingerprint density at radius 3 is 2.64 bits per heavy atom. The lowest BCUT2D eigenvalue weighted by molar-refractivity contribution is -0.179. The molecule has 1 fully saturated rings. The summed E-state index contributed by atoms with van der Waals surface area (Å²) in [6.45, 7) is 0.507. The number of carbonyl (C=O) groups excluding carboxylic acids is 1. The Morgan fingerprint density at radius 2 is 2.04 bits per heavy atom. The van der Waals surface area contributed by atoms with Gasteiger partial charge in [0.25, 0.3) is 5.91 Å². The van der Waals surface area contributed by atoms with Gasteiger partial charge >= 0.3 is 6.18 Å². The number of halogens is 3. The number of aliphatic hydroxyl groups excluding tert-OH is 1. The van der Waals surface area contributed by atoms with Crippen LogP contribution in [0.15, 0.2) is 24.4 Å². The third-order valence-corrected chi connectivity index (χ3v) is 4.93. The third-order valence-electron chi connectivity index (χ3n) is 4.93. The Labute approximate surface area is 160 Å². The smallest absolute Gasteiger partial charge is 0.391 e. The van der Waals surface area contributed by atoms with E-state index in [-0.39, 0.29) is 45.0 Å². The number of nitrogens with one attached hydrogen (secondary N) is 1. The van der Waals surface area contributed by atoms with E-state index in [1.807, 2.05) is 4.90 Å². The molecule has 2 N–H and O–H groups in total. The largest absolute Gasteiger partial charge is 0.497 e. The summed E-state index contributed by atoms with van der Waals surface area (Å²) in [4.78, 5) is 18.4. The van der Waals surface area contributed by atoms with E-state index < -0.39 is 12.1 Å². The second kappa shape index (κ2) is 8.22. The molecule has 2 aromatic rings. The minimum atomic E-state index is -4.17. The van der Waals surface area contributed by atoms with Crippen LogP contribution >= 0.6 is 0 Å². The number of aromatic nitrogens is 1. The molecule has 0 atom stereocenters. The molecule has 2 heterocycles. The molecule has 0 bridgehead atoms. The number of fused-ring (bicyclic) bond motifs is 1. The first-order valence-electron chi connectivity index (χ1n) is 9.02. The van der Waals surface area contributed by atoms with Gasteiger partial charge in [0.15, 0.2) is 0 Å². The van der Waals surface area contributed by atoms with Gasteiger partial charge in [0.05, 0.1) is 36.4 Å². The van der Waals surface area contributed by atoms with Crippen LogP contribution in [0.3, 0.4) is 0 Å². The van der Waals surface area contributed by atoms with Gasteiger partial charge in [-0.05, 0) is 25.0 Å². The van der Waals surface area contributed by atoms with Crippen LogP contribution in [-0.4, -0.2) is 55.5 Å². The maximum Gasteiger partial charge on any atom is 0.391 e. The standard InChI is InChI=1S/C19H22F3N3O3/c1-28-15-9-12-8-13(18(27)23-4-7-26)11-24-17(12)16(10-15)25-5-2-14(3-6-25)19(20,21)22/h8-11,14,26H,2-7H2,1H3,(H,23,27). The van der Waals surface area contributed by atoms with E-state index in [1.54, 1.807) is 18.2 Å². The highest BCUT2D eigenvalue weighted by Gasteiger charge is 2.41. The molecule has 6 nitrogen and oxygen atoms in total. The monoisotopic (exact) mass is 397 g/mol. The number of alkyl halides is 3. The number of hydrogen-bond donors (Lipinski definition) is 2. The molecular formula is C19H22F3N3O3. The maximum atomic E-state index is 12.9. The van der Waals surface area contributed by atoms with Crippen molar-refractivity contribution in [2.24, 2.45) is 5.92 Å². The number of pyridine rings is 1. The fourth-order valence-corrected chi connectivity index (χ4v) is 3.41. The van der Waals surface area contributed by atoms with E-state index in [9.17, 15) is 18.0 Å². The lowest BCUT2D eigenvalue weighted by atomic mass is 9.95. The van der Waals surface area contributed by atoms with Crippen LogP contribution in [0.2, 0.25) is 0 Å². The Balaban J connectivity index is 1.91. The lowest BCUT2D eigenvalue weighted by Gasteiger charge is -2.34. The van der Waals surface area contributed by atoms with Crippen molar-refractivity contribution >= 4 is 22.5 Å². The Kier molecular flexibility index (Phi) is 5.93. The van der Waals surface area contributed by atoms with Crippen LogP contribution in [-0.2, 0) is 0 Å². The zero-order valence-electron chi connectivity index (χ0n) is 15.4. The van der Waals surface area contributed by atoms with Crippen molar-refractivity contribution < 1.29 is 27.8 Å². The van der Waals surface area contributed by atoms with Crippen LogP contribution in [0.25, 0.3) is 10.9 Å². The minimum Gasteiger partial charge on any atom is -0.497 e. The molecule has 0 radical (unpaired) electrons. The molecule has 152 valence electrons. The first-order valence-corrected chi connectivity index (χ1v) is 9.02. The van der Waals surface area contributed by atoms with E-state index in [0.29, 0.717) is 27.9 Å². The fraction of sp³-hybridized carbons (Fsp3) is 0.474. The van der Waals surface area contributed by atoms with Crippen LogP contribution in [0, 0.1) is 5.92 Å². The average Bonchev–Trinajstić information content (AvgIpc) is 2.70. The Bertz CT molecular complexity index is 849. The van der Waals surface area contributed by atoms with Gasteiger partial charge in [0, 0.05) is 37.3 Å². The fourth-order valence-electron chi connectivity index (χ4n) is 3.41. The first kappa shape index (κ1) is 20.2. The van der Waals surface area contributed by atoms with Gasteiger partial charge in [0.1, 0.15) is 5.75 Å². The molecule has 1 aliphatic rings. The summed E-state index contributed by atoms with van der Waals surface area (Å²) < 4.78 is 44.2. The number of hydrogen-bond acceptors (Lipinski definition) is 5. The number of amides is 1. The van der Waals surface area contributed by atoms with Gasteiger partial charge in [-0.1, -0.05) is 0 Å². The highest BCUT2D eigenvalue weighted by molar-refractivity contribution is 6.00. The van der Waals surface area contributed by atoms with E-state index in [0.717, 1.165) is 0 Å². The van der Waals surface area contributed by atoms with Gasteiger partial charge in [-0.25, -0.2) is 0 Å². The molecule has 9 heteroatoms. The Hall–Kier alpha value is -2.55. The maximum absolute atomic E-state index is 12.9. The van der Waals surface area contributed by atoms with Crippen molar-refractivity contribution in [1.29, 1.82) is 0 Å². The predicted molar refractivity (Wildman–Crippen MR) is 98.7 cm³/mol. The highest BCUT2D eigenvalue weighted by atomic mass is 19.4. The number of benzene rings is 1. The number of rotatable bonds is 5. The summed E-state index contributed by atoms with van der Waals surface area (Å²) in [6, 6.07) is 5.15. The molecule has 0 unspecified atom stereocenters. The van der Waals surface area contributed by atoms with E-state index >= 15 is 0 Å². The summed E-state index contributed by atoms with van der Waals surface area (Å²) in [5.74, 6) is -1.11. The van der Waals surface area contributed by atoms with Gasteiger partial charge in [-0.15, -0.1) is 0 Å². The molecule has 1 amide bonds. The summed E-state index contributed by atoms with van der Waals surface area (Å²) >= 11 is 0. The summed E-state index contributed by atoms with van der Waals surface area (Å²) in [6.07, 6.45) is -2.68. The molecule has 0 spiro atoms. The molecule has 1 aliphatic heterocycles. The van der Waals surface area contributed by atoms with Gasteiger partial charge < -0.3 is 20.1 Å². The van der Waals surface area contributed by atoms with Crippen molar-refractivity contribution in [1.82, 2.24) is 10.3 Å². The number of nitrogens with zero attached hydrogens (tertiary/aromatic N) is 2. The number of anilines is 1. The first-order chi connectivity index (χ1) is 13.3. The van der Waals surface area contributed by atoms with Gasteiger partial charge in [-0.3, -0.25) is 9.78 Å². The van der Waals surface area contributed by atoms with Crippen LogP contribution in [0.5, 0.6) is 5.75 Å². The second-order valence-electron chi connectivity index (χ2n) is 6.72. The highest BCUT2D eigenvalue weighted by Crippen LogP contribution is 2.38. The van der Waals surface area contributed by atoms with Crippen LogP contribution < -0.4 is 15.0 Å². The molecule has 1 aromatic carbocycles. The van der Waals surface area contributed by atoms with Crippen molar-refractivity contribution in [3.8, 4) is 5.75 Å². The third kappa shape index (κ3) is 4.30. The molecule has 1 aromatic heterocycles. The summed E-state index contributed by atoms with van der Waals surface area (Å²) in [7, 11) is 1.51. The zero-order valence-corrected chi connectivity index (χ0v) is 15.4. The van der Waals surface area contributed by atoms with Crippen molar-refractivity contribution in [3.63, 3.8) is 0 Å². The van der Waals surface area contributed by atoms with Crippen LogP contribution in [0.1, 0.15) is 23.2 Å². The van der Waals surface area contributed by atoms with Crippen molar-refractivity contribution in [3.05, 3.63) is 30.0 Å². The molecule has 3 rings (SSSR count). The Morgan fingerprint density at radius 1 is 1.32 bits per heavy atom. The molecule has 28 heavy (non-hydrogen) atoms. The number of methoxy groups -OCH3 is 1. The molecular weight excluding hydrogens is 375 g/mol. The normalized spacial score (nSPS) is 15.7. The van der Waals surface area contributed by atoms with Crippen molar-refractivity contribution in [2.75, 3.05) is 38.3 Å². The van der Waals surface area contributed by atoms with Gasteiger partial charge in [0.2, 0.25) is 0 Å². The zero-order chi connectivity index (χ0) is 20.3. The summed E-state index contributed by atoms with van der Waals surface area (Å²) in [5, 5.41) is 12.0. The van der Waals surface area contributed by atoms with E-state index in [1.165, 1.54) is 13.3 Å². The minimum absolute atomic E-state index is 0.0316. The SMILES string of the molecule is COc1cc(N2CCC(C(F)(F)F)CC2)c2ncc(C(=O)NCCO)cc2c1. The number of piperidine rings is 1. The van der Waals surface area contributed by atoms with Crippen molar-refractivity contribution in [2.45, 2.75) is 19.0 Å². The number of aliphatic hydroxyl groups is 1. The lowest BCUT2D eigenvalue weighted by Crippen LogP contribution is -2.39. The quantitative estimate of drug-likeness (QED) is 0.812. The predicted octanol–water partition coefficient (Wildman–Crippen LogP) is 2.74.